The number of hydrogen-bond acceptors (Lipinski definition) is 11. The minimum absolute atomic E-state index is 0.0527. The van der Waals surface area contributed by atoms with Crippen LogP contribution in [0.4, 0.5) is 5.82 Å². The molecule has 0 bridgehead atoms. The van der Waals surface area contributed by atoms with Gasteiger partial charge in [0.1, 0.15) is 11.9 Å². The first kappa shape index (κ1) is 29.4. The molecule has 4 rings (SSSR count). The van der Waals surface area contributed by atoms with Gasteiger partial charge in [0.15, 0.2) is 0 Å². The number of pyridine rings is 3. The van der Waals surface area contributed by atoms with E-state index in [-0.39, 0.29) is 46.6 Å². The molecule has 1 fully saturated rings. The lowest BCUT2D eigenvalue weighted by Gasteiger charge is -2.32. The predicted molar refractivity (Wildman–Crippen MR) is 147 cm³/mol. The highest BCUT2D eigenvalue weighted by Crippen LogP contribution is 2.24. The van der Waals surface area contributed by atoms with E-state index in [4.69, 9.17) is 14.2 Å². The highest BCUT2D eigenvalue weighted by atomic mass is 16.5. The molecule has 0 aliphatic carbocycles. The van der Waals surface area contributed by atoms with Gasteiger partial charge >= 0.3 is 5.97 Å². The molecule has 3 aromatic heterocycles. The zero-order chi connectivity index (χ0) is 29.4. The van der Waals surface area contributed by atoms with Crippen LogP contribution in [0.15, 0.2) is 48.8 Å². The molecule has 0 aromatic carbocycles. The lowest BCUT2D eigenvalue weighted by atomic mass is 10.2. The Balaban J connectivity index is 1.51. The number of aromatic nitrogens is 3. The number of hydrogen-bond donors (Lipinski definition) is 1. The molecule has 0 saturated carbocycles. The fourth-order valence-electron chi connectivity index (χ4n) is 3.96. The molecular weight excluding hydrogens is 532 g/mol. The number of ether oxygens (including phenoxy) is 4. The molecule has 216 valence electrons. The first-order chi connectivity index (χ1) is 19.7. The molecular formula is C28H32N6O7. The molecule has 1 saturated heterocycles. The van der Waals surface area contributed by atoms with Gasteiger partial charge in [-0.3, -0.25) is 9.59 Å². The summed E-state index contributed by atoms with van der Waals surface area (Å²) in [4.78, 5) is 54.2. The third kappa shape index (κ3) is 7.96. The van der Waals surface area contributed by atoms with Crippen molar-refractivity contribution in [2.75, 3.05) is 59.4 Å². The standard InChI is InChI=1S/C28H32N6O7/c1-18(17-38-3)40-24-13-21(26(35)31-22-7-5-20(16-29-22)28(37)39-4)14-25(32-24)41-23-8-6-19(15-30-23)27(36)34-11-9-33(2)10-12-34/h5-8,13-16,18H,9-12,17H2,1-4H3,(H,29,31,35)/t18-/m1/s1. The number of amides is 2. The van der Waals surface area contributed by atoms with Gasteiger partial charge in [-0.1, -0.05) is 0 Å². The molecule has 13 nitrogen and oxygen atoms in total. The van der Waals surface area contributed by atoms with Crippen LogP contribution in [0.2, 0.25) is 0 Å². The molecule has 1 atom stereocenters. The highest BCUT2D eigenvalue weighted by Gasteiger charge is 2.21. The Bertz CT molecular complexity index is 1360. The monoisotopic (exact) mass is 564 g/mol. The van der Waals surface area contributed by atoms with Crippen LogP contribution >= 0.6 is 0 Å². The van der Waals surface area contributed by atoms with Crippen molar-refractivity contribution < 1.29 is 33.3 Å². The second-order valence-electron chi connectivity index (χ2n) is 9.38. The molecule has 1 aliphatic rings. The Kier molecular flexibility index (Phi) is 9.77. The maximum atomic E-state index is 13.1. The summed E-state index contributed by atoms with van der Waals surface area (Å²) < 4.78 is 21.4. The van der Waals surface area contributed by atoms with Crippen LogP contribution in [0, 0.1) is 0 Å². The predicted octanol–water partition coefficient (Wildman–Crippen LogP) is 2.50. The van der Waals surface area contributed by atoms with E-state index in [0.717, 1.165) is 13.1 Å². The fraction of sp³-hybridized carbons (Fsp3) is 0.357. The number of rotatable bonds is 10. The summed E-state index contributed by atoms with van der Waals surface area (Å²) in [6.07, 6.45) is 2.39. The number of esters is 1. The number of methoxy groups -OCH3 is 2. The van der Waals surface area contributed by atoms with Crippen LogP contribution in [0.25, 0.3) is 0 Å². The lowest BCUT2D eigenvalue weighted by molar-refractivity contribution is 0.0599. The van der Waals surface area contributed by atoms with Gasteiger partial charge in [-0.15, -0.1) is 0 Å². The maximum Gasteiger partial charge on any atom is 0.339 e. The van der Waals surface area contributed by atoms with E-state index in [1.807, 2.05) is 7.05 Å². The van der Waals surface area contributed by atoms with Crippen LogP contribution in [-0.2, 0) is 9.47 Å². The van der Waals surface area contributed by atoms with E-state index < -0.39 is 11.9 Å². The van der Waals surface area contributed by atoms with Crippen molar-refractivity contribution in [1.82, 2.24) is 24.8 Å². The van der Waals surface area contributed by atoms with Crippen molar-refractivity contribution in [1.29, 1.82) is 0 Å². The number of nitrogens with one attached hydrogen (secondary N) is 1. The number of likely N-dealkylation sites (N-methyl/N-ethyl adjacent to an activating group) is 1. The van der Waals surface area contributed by atoms with Crippen LogP contribution in [-0.4, -0.2) is 103 Å². The van der Waals surface area contributed by atoms with E-state index in [1.54, 1.807) is 31.1 Å². The van der Waals surface area contributed by atoms with Gasteiger partial charge < -0.3 is 34.1 Å². The Labute approximate surface area is 237 Å². The molecule has 4 heterocycles. The SMILES string of the molecule is COC[C@@H](C)Oc1cc(C(=O)Nc2ccc(C(=O)OC)cn2)cc(Oc2ccc(C(=O)N3CCN(C)CC3)cn2)n1. The third-order valence-corrected chi connectivity index (χ3v) is 6.17. The van der Waals surface area contributed by atoms with Crippen LogP contribution in [0.5, 0.6) is 17.6 Å². The van der Waals surface area contributed by atoms with E-state index in [0.29, 0.717) is 25.3 Å². The summed E-state index contributed by atoms with van der Waals surface area (Å²) in [6.45, 7) is 5.04. The van der Waals surface area contributed by atoms with Crippen LogP contribution < -0.4 is 14.8 Å². The van der Waals surface area contributed by atoms with E-state index >= 15 is 0 Å². The first-order valence-electron chi connectivity index (χ1n) is 12.9. The minimum atomic E-state index is -0.538. The van der Waals surface area contributed by atoms with Gasteiger partial charge in [0, 0.05) is 63.9 Å². The summed E-state index contributed by atoms with van der Waals surface area (Å²) >= 11 is 0. The van der Waals surface area contributed by atoms with E-state index in [1.165, 1.54) is 43.8 Å². The molecule has 0 radical (unpaired) electrons. The van der Waals surface area contributed by atoms with Gasteiger partial charge in [-0.2, -0.15) is 4.98 Å². The molecule has 2 amide bonds. The molecule has 0 unspecified atom stereocenters. The summed E-state index contributed by atoms with van der Waals surface area (Å²) in [7, 11) is 4.84. The number of nitrogens with zero attached hydrogens (tertiary/aromatic N) is 5. The highest BCUT2D eigenvalue weighted by molar-refractivity contribution is 6.04. The summed E-state index contributed by atoms with van der Waals surface area (Å²) in [5.74, 6) is -0.556. The number of piperazine rings is 1. The Morgan fingerprint density at radius 3 is 2.24 bits per heavy atom. The molecule has 13 heteroatoms. The third-order valence-electron chi connectivity index (χ3n) is 6.17. The molecule has 41 heavy (non-hydrogen) atoms. The summed E-state index contributed by atoms with van der Waals surface area (Å²) in [5.41, 5.74) is 0.873. The normalized spacial score (nSPS) is 14.2. The molecule has 3 aromatic rings. The second kappa shape index (κ2) is 13.6. The van der Waals surface area contributed by atoms with Gasteiger partial charge in [-0.25, -0.2) is 14.8 Å². The maximum absolute atomic E-state index is 13.1. The van der Waals surface area contributed by atoms with Gasteiger partial charge in [0.05, 0.1) is 30.4 Å². The van der Waals surface area contributed by atoms with Crippen molar-refractivity contribution in [2.45, 2.75) is 13.0 Å². The zero-order valence-corrected chi connectivity index (χ0v) is 23.3. The average molecular weight is 565 g/mol. The molecule has 1 aliphatic heterocycles. The number of anilines is 1. The Morgan fingerprint density at radius 1 is 0.902 bits per heavy atom. The Morgan fingerprint density at radius 2 is 1.61 bits per heavy atom. The summed E-state index contributed by atoms with van der Waals surface area (Å²) in [5, 5.41) is 2.67. The van der Waals surface area contributed by atoms with Gasteiger partial charge in [0.25, 0.3) is 11.8 Å². The van der Waals surface area contributed by atoms with Crippen LogP contribution in [0.1, 0.15) is 38.0 Å². The number of carbonyl (C=O) groups excluding carboxylic acids is 3. The first-order valence-corrected chi connectivity index (χ1v) is 12.9. The van der Waals surface area contributed by atoms with E-state index in [9.17, 15) is 14.4 Å². The minimum Gasteiger partial charge on any atom is -0.472 e. The van der Waals surface area contributed by atoms with Gasteiger partial charge in [-0.05, 0) is 32.2 Å². The van der Waals surface area contributed by atoms with Gasteiger partial charge in [0.2, 0.25) is 17.6 Å². The number of carbonyl (C=O) groups is 3. The smallest absolute Gasteiger partial charge is 0.339 e. The molecule has 1 N–H and O–H groups in total. The van der Waals surface area contributed by atoms with Crippen LogP contribution in [0.3, 0.4) is 0 Å². The Hall–Kier alpha value is -4.62. The zero-order valence-electron chi connectivity index (χ0n) is 23.3. The van der Waals surface area contributed by atoms with Crippen molar-refractivity contribution in [2.24, 2.45) is 0 Å². The molecule has 0 spiro atoms. The fourth-order valence-corrected chi connectivity index (χ4v) is 3.96. The van der Waals surface area contributed by atoms with Crippen molar-refractivity contribution in [3.8, 4) is 17.6 Å². The lowest BCUT2D eigenvalue weighted by Crippen LogP contribution is -2.47. The van der Waals surface area contributed by atoms with Crippen molar-refractivity contribution >= 4 is 23.6 Å². The largest absolute Gasteiger partial charge is 0.472 e. The summed E-state index contributed by atoms with van der Waals surface area (Å²) in [6, 6.07) is 9.06. The van der Waals surface area contributed by atoms with Crippen molar-refractivity contribution in [3.63, 3.8) is 0 Å². The topological polar surface area (TPSA) is 145 Å². The quantitative estimate of drug-likeness (QED) is 0.363. The second-order valence-corrected chi connectivity index (χ2v) is 9.38. The average Bonchev–Trinajstić information content (AvgIpc) is 2.97. The van der Waals surface area contributed by atoms with Crippen molar-refractivity contribution in [3.05, 3.63) is 65.5 Å². The van der Waals surface area contributed by atoms with E-state index in [2.05, 4.69) is 29.9 Å².